The van der Waals surface area contributed by atoms with Crippen LogP contribution in [0.3, 0.4) is 0 Å². The third-order valence-corrected chi connectivity index (χ3v) is 5.23. The number of rotatable bonds is 4. The first-order valence-electron chi connectivity index (χ1n) is 10.0. The molecule has 1 aromatic carbocycles. The molecule has 0 N–H and O–H groups in total. The van der Waals surface area contributed by atoms with Crippen molar-refractivity contribution in [2.75, 3.05) is 31.1 Å². The third-order valence-electron chi connectivity index (χ3n) is 5.23. The molecule has 0 radical (unpaired) electrons. The molecule has 3 aromatic rings. The summed E-state index contributed by atoms with van der Waals surface area (Å²) in [6, 6.07) is 14.4. The molecule has 166 valence electrons. The van der Waals surface area contributed by atoms with E-state index in [1.165, 1.54) is 22.9 Å². The monoisotopic (exact) mass is 443 g/mol. The van der Waals surface area contributed by atoms with Crippen LogP contribution in [0.1, 0.15) is 21.6 Å². The smallest absolute Gasteiger partial charge is 0.353 e. The van der Waals surface area contributed by atoms with E-state index < -0.39 is 11.7 Å². The number of piperazine rings is 1. The van der Waals surface area contributed by atoms with E-state index in [0.29, 0.717) is 32.0 Å². The fraction of sp³-hybridized carbons (Fsp3) is 0.273. The van der Waals surface area contributed by atoms with Gasteiger partial charge in [0.2, 0.25) is 0 Å². The van der Waals surface area contributed by atoms with Crippen molar-refractivity contribution in [1.29, 1.82) is 0 Å². The number of carbonyl (C=O) groups excluding carboxylic acids is 1. The molecule has 0 saturated carbocycles. The standard InChI is InChI=1S/C22H20F3N5O2/c23-22(24,25)17-6-8-19(26-14-17)28-10-12-29(13-11-28)21(32)18-7-9-20(31)30(27-18)15-16-4-2-1-3-5-16/h1-9,14H,10-13,15H2. The van der Waals surface area contributed by atoms with Gasteiger partial charge in [-0.1, -0.05) is 30.3 Å². The number of alkyl halides is 3. The van der Waals surface area contributed by atoms with Gasteiger partial charge in [-0.05, 0) is 23.8 Å². The summed E-state index contributed by atoms with van der Waals surface area (Å²) in [6.45, 7) is 1.83. The maximum absolute atomic E-state index is 12.9. The normalized spacial score (nSPS) is 14.5. The molecule has 3 heterocycles. The summed E-state index contributed by atoms with van der Waals surface area (Å²) >= 11 is 0. The van der Waals surface area contributed by atoms with Gasteiger partial charge in [-0.25, -0.2) is 9.67 Å². The van der Waals surface area contributed by atoms with E-state index in [1.807, 2.05) is 35.2 Å². The Kier molecular flexibility index (Phi) is 5.93. The third kappa shape index (κ3) is 4.79. The maximum atomic E-state index is 12.9. The number of anilines is 1. The first-order valence-corrected chi connectivity index (χ1v) is 10.0. The predicted octanol–water partition coefficient (Wildman–Crippen LogP) is 2.67. The molecule has 32 heavy (non-hydrogen) atoms. The molecule has 0 unspecified atom stereocenters. The number of amides is 1. The summed E-state index contributed by atoms with van der Waals surface area (Å²) in [4.78, 5) is 32.4. The molecule has 1 aliphatic heterocycles. The van der Waals surface area contributed by atoms with Crippen molar-refractivity contribution in [3.8, 4) is 0 Å². The van der Waals surface area contributed by atoms with Crippen LogP contribution < -0.4 is 10.5 Å². The Morgan fingerprint density at radius 1 is 0.938 bits per heavy atom. The summed E-state index contributed by atoms with van der Waals surface area (Å²) in [5, 5.41) is 4.23. The van der Waals surface area contributed by atoms with Crippen LogP contribution in [0.15, 0.2) is 65.6 Å². The highest BCUT2D eigenvalue weighted by Crippen LogP contribution is 2.29. The van der Waals surface area contributed by atoms with Crippen LogP contribution in [0.2, 0.25) is 0 Å². The molecular formula is C22H20F3N5O2. The molecule has 7 nitrogen and oxygen atoms in total. The zero-order chi connectivity index (χ0) is 22.7. The van der Waals surface area contributed by atoms with Crippen LogP contribution in [0.4, 0.5) is 19.0 Å². The van der Waals surface area contributed by atoms with Crippen molar-refractivity contribution in [1.82, 2.24) is 19.7 Å². The number of pyridine rings is 1. The molecule has 10 heteroatoms. The number of halogens is 3. The summed E-state index contributed by atoms with van der Waals surface area (Å²) in [5.41, 5.74) is -0.0404. The van der Waals surface area contributed by atoms with E-state index in [0.717, 1.165) is 17.8 Å². The fourth-order valence-corrected chi connectivity index (χ4v) is 3.47. The zero-order valence-electron chi connectivity index (χ0n) is 17.0. The largest absolute Gasteiger partial charge is 0.417 e. The van der Waals surface area contributed by atoms with E-state index in [2.05, 4.69) is 10.1 Å². The van der Waals surface area contributed by atoms with Crippen LogP contribution in [-0.4, -0.2) is 51.8 Å². The van der Waals surface area contributed by atoms with Crippen molar-refractivity contribution in [3.63, 3.8) is 0 Å². The van der Waals surface area contributed by atoms with E-state index in [-0.39, 0.29) is 23.7 Å². The quantitative estimate of drug-likeness (QED) is 0.620. The van der Waals surface area contributed by atoms with E-state index in [9.17, 15) is 22.8 Å². The molecule has 1 amide bonds. The highest BCUT2D eigenvalue weighted by atomic mass is 19.4. The number of aromatic nitrogens is 3. The Bertz CT molecular complexity index is 1140. The summed E-state index contributed by atoms with van der Waals surface area (Å²) in [5.74, 6) is 0.131. The van der Waals surface area contributed by atoms with Crippen LogP contribution in [0.5, 0.6) is 0 Å². The second-order valence-corrected chi connectivity index (χ2v) is 7.38. The second-order valence-electron chi connectivity index (χ2n) is 7.38. The number of hydrogen-bond donors (Lipinski definition) is 0. The van der Waals surface area contributed by atoms with E-state index in [1.54, 1.807) is 4.90 Å². The Morgan fingerprint density at radius 2 is 1.66 bits per heavy atom. The minimum atomic E-state index is -4.43. The zero-order valence-corrected chi connectivity index (χ0v) is 17.0. The molecule has 0 bridgehead atoms. The van der Waals surface area contributed by atoms with Crippen molar-refractivity contribution in [3.05, 3.63) is 88.0 Å². The van der Waals surface area contributed by atoms with Gasteiger partial charge in [0.15, 0.2) is 0 Å². The molecule has 1 fully saturated rings. The maximum Gasteiger partial charge on any atom is 0.417 e. The highest BCUT2D eigenvalue weighted by Gasteiger charge is 2.31. The Morgan fingerprint density at radius 3 is 2.28 bits per heavy atom. The molecule has 4 rings (SSSR count). The lowest BCUT2D eigenvalue weighted by atomic mass is 10.2. The minimum absolute atomic E-state index is 0.168. The van der Waals surface area contributed by atoms with E-state index in [4.69, 9.17) is 0 Å². The lowest BCUT2D eigenvalue weighted by Gasteiger charge is -2.35. The van der Waals surface area contributed by atoms with Gasteiger partial charge in [-0.2, -0.15) is 18.3 Å². The molecular weight excluding hydrogens is 423 g/mol. The van der Waals surface area contributed by atoms with Crippen molar-refractivity contribution in [2.45, 2.75) is 12.7 Å². The molecule has 0 spiro atoms. The molecule has 0 aliphatic carbocycles. The Hall–Kier alpha value is -3.69. The Labute approximate surface area is 181 Å². The summed E-state index contributed by atoms with van der Waals surface area (Å²) < 4.78 is 39.4. The van der Waals surface area contributed by atoms with Crippen molar-refractivity contribution in [2.24, 2.45) is 0 Å². The van der Waals surface area contributed by atoms with Gasteiger partial charge in [-0.15, -0.1) is 0 Å². The fourth-order valence-electron chi connectivity index (χ4n) is 3.47. The highest BCUT2D eigenvalue weighted by molar-refractivity contribution is 5.92. The number of carbonyl (C=O) groups is 1. The van der Waals surface area contributed by atoms with Gasteiger partial charge in [0.1, 0.15) is 11.5 Å². The van der Waals surface area contributed by atoms with Crippen LogP contribution in [0.25, 0.3) is 0 Å². The van der Waals surface area contributed by atoms with Gasteiger partial charge >= 0.3 is 6.18 Å². The predicted molar refractivity (Wildman–Crippen MR) is 111 cm³/mol. The van der Waals surface area contributed by atoms with Gasteiger partial charge in [-0.3, -0.25) is 9.59 Å². The van der Waals surface area contributed by atoms with Crippen LogP contribution >= 0.6 is 0 Å². The summed E-state index contributed by atoms with van der Waals surface area (Å²) in [6.07, 6.45) is -3.62. The number of benzene rings is 1. The van der Waals surface area contributed by atoms with Crippen molar-refractivity contribution < 1.29 is 18.0 Å². The molecule has 0 atom stereocenters. The van der Waals surface area contributed by atoms with Gasteiger partial charge < -0.3 is 9.80 Å². The average Bonchev–Trinajstić information content (AvgIpc) is 2.80. The van der Waals surface area contributed by atoms with Gasteiger partial charge in [0.25, 0.3) is 11.5 Å². The van der Waals surface area contributed by atoms with E-state index >= 15 is 0 Å². The van der Waals surface area contributed by atoms with Crippen molar-refractivity contribution >= 4 is 11.7 Å². The first kappa shape index (κ1) is 21.5. The van der Waals surface area contributed by atoms with Gasteiger partial charge in [0, 0.05) is 38.4 Å². The Balaban J connectivity index is 1.41. The summed E-state index contributed by atoms with van der Waals surface area (Å²) in [7, 11) is 0. The first-order chi connectivity index (χ1) is 15.3. The van der Waals surface area contributed by atoms with Crippen LogP contribution in [0, 0.1) is 0 Å². The average molecular weight is 443 g/mol. The molecule has 2 aromatic heterocycles. The SMILES string of the molecule is O=C(c1ccc(=O)n(Cc2ccccc2)n1)N1CCN(c2ccc(C(F)(F)F)cn2)CC1. The lowest BCUT2D eigenvalue weighted by molar-refractivity contribution is -0.137. The second kappa shape index (κ2) is 8.81. The van der Waals surface area contributed by atoms with Gasteiger partial charge in [0.05, 0.1) is 12.1 Å². The van der Waals surface area contributed by atoms with Crippen LogP contribution in [-0.2, 0) is 12.7 Å². The number of hydrogen-bond acceptors (Lipinski definition) is 5. The lowest BCUT2D eigenvalue weighted by Crippen LogP contribution is -2.49. The topological polar surface area (TPSA) is 71.3 Å². The molecule has 1 saturated heterocycles. The molecule has 1 aliphatic rings. The minimum Gasteiger partial charge on any atom is -0.353 e. The number of nitrogens with zero attached hydrogens (tertiary/aromatic N) is 5.